The van der Waals surface area contributed by atoms with Crippen molar-refractivity contribution in [1.82, 2.24) is 4.98 Å². The SMILES string of the molecule is O=C(O)c1ccc2oc3c(c(=O)c2c1)CCCC3=Cc1cccnc1. The van der Waals surface area contributed by atoms with Crippen molar-refractivity contribution in [3.05, 3.63) is 75.4 Å². The fourth-order valence-corrected chi connectivity index (χ4v) is 3.22. The number of rotatable bonds is 2. The third-order valence-electron chi connectivity index (χ3n) is 4.42. The van der Waals surface area contributed by atoms with Crippen LogP contribution in [0.3, 0.4) is 0 Å². The summed E-state index contributed by atoms with van der Waals surface area (Å²) < 4.78 is 6.00. The molecule has 0 atom stereocenters. The van der Waals surface area contributed by atoms with Gasteiger partial charge in [-0.3, -0.25) is 9.78 Å². The zero-order chi connectivity index (χ0) is 17.4. The summed E-state index contributed by atoms with van der Waals surface area (Å²) >= 11 is 0. The second kappa shape index (κ2) is 6.02. The number of benzene rings is 1. The number of aromatic carboxylic acids is 1. The van der Waals surface area contributed by atoms with Crippen LogP contribution in [-0.2, 0) is 6.42 Å². The molecule has 4 rings (SSSR count). The average molecular weight is 333 g/mol. The van der Waals surface area contributed by atoms with Crippen molar-refractivity contribution in [1.29, 1.82) is 0 Å². The summed E-state index contributed by atoms with van der Waals surface area (Å²) in [5.74, 6) is -0.452. The second-order valence-corrected chi connectivity index (χ2v) is 6.06. The van der Waals surface area contributed by atoms with E-state index >= 15 is 0 Å². The molecule has 5 heteroatoms. The van der Waals surface area contributed by atoms with Gasteiger partial charge in [-0.2, -0.15) is 0 Å². The minimum Gasteiger partial charge on any atom is -0.478 e. The van der Waals surface area contributed by atoms with E-state index in [9.17, 15) is 9.59 Å². The third-order valence-corrected chi connectivity index (χ3v) is 4.42. The molecule has 0 saturated heterocycles. The number of carboxylic acids is 1. The van der Waals surface area contributed by atoms with E-state index in [0.717, 1.165) is 24.0 Å². The van der Waals surface area contributed by atoms with E-state index < -0.39 is 5.97 Å². The molecule has 25 heavy (non-hydrogen) atoms. The van der Waals surface area contributed by atoms with E-state index in [-0.39, 0.29) is 11.0 Å². The number of nitrogens with zero attached hydrogens (tertiary/aromatic N) is 1. The lowest BCUT2D eigenvalue weighted by Gasteiger charge is -2.18. The summed E-state index contributed by atoms with van der Waals surface area (Å²) in [6.45, 7) is 0. The van der Waals surface area contributed by atoms with Gasteiger partial charge in [-0.05, 0) is 60.7 Å². The van der Waals surface area contributed by atoms with Crippen LogP contribution >= 0.6 is 0 Å². The number of fused-ring (bicyclic) bond motifs is 2. The van der Waals surface area contributed by atoms with E-state index in [1.165, 1.54) is 12.1 Å². The van der Waals surface area contributed by atoms with Crippen molar-refractivity contribution in [3.63, 3.8) is 0 Å². The van der Waals surface area contributed by atoms with Gasteiger partial charge in [0.2, 0.25) is 0 Å². The minimum absolute atomic E-state index is 0.0849. The van der Waals surface area contributed by atoms with E-state index in [2.05, 4.69) is 4.98 Å². The first-order valence-corrected chi connectivity index (χ1v) is 8.07. The summed E-state index contributed by atoms with van der Waals surface area (Å²) in [5.41, 5.74) is 2.90. The number of pyridine rings is 1. The Morgan fingerprint density at radius 3 is 2.88 bits per heavy atom. The molecule has 0 unspecified atom stereocenters. The number of carboxylic acid groups (broad SMARTS) is 1. The maximum atomic E-state index is 12.9. The number of hydrogen-bond acceptors (Lipinski definition) is 4. The molecule has 3 aromatic rings. The average Bonchev–Trinajstić information content (AvgIpc) is 2.63. The lowest BCUT2D eigenvalue weighted by atomic mass is 9.90. The van der Waals surface area contributed by atoms with Gasteiger partial charge in [0.1, 0.15) is 11.3 Å². The topological polar surface area (TPSA) is 80.4 Å². The molecule has 0 amide bonds. The predicted molar refractivity (Wildman–Crippen MR) is 94.5 cm³/mol. The van der Waals surface area contributed by atoms with Crippen molar-refractivity contribution in [2.24, 2.45) is 0 Å². The molecule has 0 saturated carbocycles. The van der Waals surface area contributed by atoms with Gasteiger partial charge >= 0.3 is 5.97 Å². The van der Waals surface area contributed by atoms with E-state index in [4.69, 9.17) is 9.52 Å². The molecular weight excluding hydrogens is 318 g/mol. The predicted octanol–water partition coefficient (Wildman–Crippen LogP) is 3.76. The first-order valence-electron chi connectivity index (χ1n) is 8.07. The molecule has 1 aliphatic carbocycles. The van der Waals surface area contributed by atoms with Gasteiger partial charge < -0.3 is 9.52 Å². The van der Waals surface area contributed by atoms with Gasteiger partial charge in [0.05, 0.1) is 10.9 Å². The van der Waals surface area contributed by atoms with Crippen molar-refractivity contribution in [3.8, 4) is 0 Å². The molecule has 124 valence electrons. The molecule has 0 aliphatic heterocycles. The van der Waals surface area contributed by atoms with E-state index in [0.29, 0.717) is 28.7 Å². The molecule has 0 fully saturated rings. The monoisotopic (exact) mass is 333 g/mol. The van der Waals surface area contributed by atoms with Gasteiger partial charge in [-0.25, -0.2) is 4.79 Å². The number of carbonyl (C=O) groups is 1. The Labute approximate surface area is 143 Å². The normalized spacial score (nSPS) is 15.3. The summed E-state index contributed by atoms with van der Waals surface area (Å²) in [7, 11) is 0. The first kappa shape index (κ1) is 15.3. The van der Waals surface area contributed by atoms with Crippen LogP contribution in [0.5, 0.6) is 0 Å². The van der Waals surface area contributed by atoms with Crippen molar-refractivity contribution >= 4 is 28.6 Å². The van der Waals surface area contributed by atoms with Crippen LogP contribution in [0.4, 0.5) is 0 Å². The Hall–Kier alpha value is -3.21. The summed E-state index contributed by atoms with van der Waals surface area (Å²) in [6.07, 6.45) is 7.78. The molecule has 2 heterocycles. The Morgan fingerprint density at radius 1 is 1.24 bits per heavy atom. The molecule has 1 N–H and O–H groups in total. The van der Waals surface area contributed by atoms with Crippen LogP contribution in [0.25, 0.3) is 22.6 Å². The largest absolute Gasteiger partial charge is 0.478 e. The molecular formula is C20H15NO4. The zero-order valence-corrected chi connectivity index (χ0v) is 13.4. The lowest BCUT2D eigenvalue weighted by Crippen LogP contribution is -2.16. The number of aromatic nitrogens is 1. The standard InChI is InChI=1S/C20H15NO4/c22-18-15-5-1-4-13(9-12-3-2-8-21-11-12)19(15)25-17-7-6-14(20(23)24)10-16(17)18/h2-3,6-11H,1,4-5H2,(H,23,24). The Balaban J connectivity index is 1.92. The molecule has 0 bridgehead atoms. The van der Waals surface area contributed by atoms with E-state index in [1.54, 1.807) is 18.5 Å². The van der Waals surface area contributed by atoms with E-state index in [1.807, 2.05) is 18.2 Å². The smallest absolute Gasteiger partial charge is 0.335 e. The molecule has 1 aliphatic rings. The third kappa shape index (κ3) is 2.74. The summed E-state index contributed by atoms with van der Waals surface area (Å²) in [4.78, 5) is 28.1. The highest BCUT2D eigenvalue weighted by atomic mass is 16.4. The van der Waals surface area contributed by atoms with Crippen molar-refractivity contribution in [2.75, 3.05) is 0 Å². The second-order valence-electron chi connectivity index (χ2n) is 6.06. The molecule has 5 nitrogen and oxygen atoms in total. The van der Waals surface area contributed by atoms with Crippen LogP contribution in [0, 0.1) is 0 Å². The fourth-order valence-electron chi connectivity index (χ4n) is 3.22. The van der Waals surface area contributed by atoms with Crippen LogP contribution in [0.1, 0.15) is 40.1 Å². The highest BCUT2D eigenvalue weighted by molar-refractivity contribution is 5.93. The quantitative estimate of drug-likeness (QED) is 0.772. The Kier molecular flexibility index (Phi) is 3.69. The van der Waals surface area contributed by atoms with Crippen molar-refractivity contribution < 1.29 is 14.3 Å². The summed E-state index contributed by atoms with van der Waals surface area (Å²) in [5, 5.41) is 9.45. The maximum absolute atomic E-state index is 12.9. The minimum atomic E-state index is -1.06. The highest BCUT2D eigenvalue weighted by Gasteiger charge is 2.22. The van der Waals surface area contributed by atoms with Crippen LogP contribution in [0.15, 0.2) is 51.9 Å². The molecule has 0 radical (unpaired) electrons. The highest BCUT2D eigenvalue weighted by Crippen LogP contribution is 2.33. The molecule has 2 aromatic heterocycles. The van der Waals surface area contributed by atoms with Gasteiger partial charge in [0, 0.05) is 18.0 Å². The van der Waals surface area contributed by atoms with Crippen LogP contribution < -0.4 is 5.43 Å². The first-order chi connectivity index (χ1) is 12.1. The summed E-state index contributed by atoms with van der Waals surface area (Å²) in [6, 6.07) is 8.21. The van der Waals surface area contributed by atoms with Crippen LogP contribution in [-0.4, -0.2) is 16.1 Å². The van der Waals surface area contributed by atoms with Crippen LogP contribution in [0.2, 0.25) is 0 Å². The molecule has 1 aromatic carbocycles. The number of hydrogen-bond donors (Lipinski definition) is 1. The van der Waals surface area contributed by atoms with Gasteiger partial charge in [-0.15, -0.1) is 0 Å². The Bertz CT molecular complexity index is 1060. The molecule has 0 spiro atoms. The van der Waals surface area contributed by atoms with Gasteiger partial charge in [-0.1, -0.05) is 6.07 Å². The van der Waals surface area contributed by atoms with Crippen molar-refractivity contribution in [2.45, 2.75) is 19.3 Å². The van der Waals surface area contributed by atoms with Gasteiger partial charge in [0.25, 0.3) is 0 Å². The van der Waals surface area contributed by atoms with Gasteiger partial charge in [0.15, 0.2) is 5.43 Å². The maximum Gasteiger partial charge on any atom is 0.335 e. The zero-order valence-electron chi connectivity index (χ0n) is 13.4. The lowest BCUT2D eigenvalue weighted by molar-refractivity contribution is 0.0697. The fraction of sp³-hybridized carbons (Fsp3) is 0.150. The number of allylic oxidation sites excluding steroid dienone is 1. The Morgan fingerprint density at radius 2 is 2.12 bits per heavy atom.